The number of carbonyl (C=O) groups is 1. The van der Waals surface area contributed by atoms with Crippen molar-refractivity contribution in [1.29, 1.82) is 0 Å². The van der Waals surface area contributed by atoms with E-state index in [0.717, 1.165) is 36.0 Å². The lowest BCUT2D eigenvalue weighted by atomic mass is 9.86. The molecule has 0 bridgehead atoms. The second-order valence-electron chi connectivity index (χ2n) is 7.26. The van der Waals surface area contributed by atoms with Gasteiger partial charge in [-0.05, 0) is 50.7 Å². The van der Waals surface area contributed by atoms with Crippen LogP contribution in [0, 0.1) is 19.8 Å². The molecule has 1 amide bonds. The molecule has 0 radical (unpaired) electrons. The molecule has 1 aliphatic rings. The van der Waals surface area contributed by atoms with E-state index < -0.39 is 15.1 Å². The van der Waals surface area contributed by atoms with Crippen LogP contribution in [0.3, 0.4) is 0 Å². The molecule has 24 heavy (non-hydrogen) atoms. The van der Waals surface area contributed by atoms with Crippen molar-refractivity contribution in [2.45, 2.75) is 70.4 Å². The largest absolute Gasteiger partial charge is 0.352 e. The summed E-state index contributed by atoms with van der Waals surface area (Å²) in [5.41, 5.74) is 2.75. The van der Waals surface area contributed by atoms with E-state index in [1.165, 1.54) is 13.3 Å². The van der Waals surface area contributed by atoms with Gasteiger partial charge in [-0.2, -0.15) is 0 Å². The zero-order chi connectivity index (χ0) is 17.9. The van der Waals surface area contributed by atoms with Crippen LogP contribution in [0.25, 0.3) is 0 Å². The molecule has 0 aromatic heterocycles. The highest BCUT2D eigenvalue weighted by Crippen LogP contribution is 2.24. The summed E-state index contributed by atoms with van der Waals surface area (Å²) in [6.45, 7) is 7.47. The predicted octanol–water partition coefficient (Wildman–Crippen LogP) is 3.30. The molecule has 2 rings (SSSR count). The molecule has 0 unspecified atom stereocenters. The summed E-state index contributed by atoms with van der Waals surface area (Å²) < 4.78 is 25.3. The van der Waals surface area contributed by atoms with E-state index in [0.29, 0.717) is 5.92 Å². The predicted molar refractivity (Wildman–Crippen MR) is 97.6 cm³/mol. The molecule has 134 valence electrons. The average Bonchev–Trinajstić information content (AvgIpc) is 2.52. The fourth-order valence-electron chi connectivity index (χ4n) is 3.29. The Hall–Kier alpha value is -1.36. The Morgan fingerprint density at radius 1 is 1.25 bits per heavy atom. The van der Waals surface area contributed by atoms with E-state index in [1.807, 2.05) is 32.0 Å². The molecule has 0 heterocycles. The molecule has 3 atom stereocenters. The summed E-state index contributed by atoms with van der Waals surface area (Å²) in [5.74, 6) is -0.0364. The van der Waals surface area contributed by atoms with Crippen LogP contribution >= 0.6 is 0 Å². The first-order valence-corrected chi connectivity index (χ1v) is 10.5. The van der Waals surface area contributed by atoms with Crippen LogP contribution in [0.15, 0.2) is 18.2 Å². The van der Waals surface area contributed by atoms with Crippen molar-refractivity contribution in [3.63, 3.8) is 0 Å². The van der Waals surface area contributed by atoms with Gasteiger partial charge in [-0.3, -0.25) is 4.79 Å². The number of benzene rings is 1. The van der Waals surface area contributed by atoms with Gasteiger partial charge in [0.25, 0.3) is 0 Å². The van der Waals surface area contributed by atoms with Crippen molar-refractivity contribution >= 4 is 15.7 Å². The Morgan fingerprint density at radius 3 is 2.58 bits per heavy atom. The minimum absolute atomic E-state index is 0.0880. The lowest BCUT2D eigenvalue weighted by Gasteiger charge is -2.30. The summed E-state index contributed by atoms with van der Waals surface area (Å²) in [6.07, 6.45) is 4.32. The highest BCUT2D eigenvalue weighted by molar-refractivity contribution is 7.92. The lowest BCUT2D eigenvalue weighted by Crippen LogP contribution is -2.47. The van der Waals surface area contributed by atoms with Crippen LogP contribution in [-0.4, -0.2) is 25.6 Å². The summed E-state index contributed by atoms with van der Waals surface area (Å²) in [6, 6.07) is 5.88. The molecule has 1 aliphatic carbocycles. The molecule has 1 N–H and O–H groups in total. The maximum Gasteiger partial charge on any atom is 0.238 e. The van der Waals surface area contributed by atoms with Gasteiger partial charge in [0.1, 0.15) is 5.25 Å². The minimum atomic E-state index is -3.53. The van der Waals surface area contributed by atoms with Crippen LogP contribution in [0.5, 0.6) is 0 Å². The maximum absolute atomic E-state index is 12.7. The number of aryl methyl sites for hydroxylation is 2. The van der Waals surface area contributed by atoms with E-state index in [-0.39, 0.29) is 17.7 Å². The number of hydrogen-bond donors (Lipinski definition) is 1. The van der Waals surface area contributed by atoms with Gasteiger partial charge in [-0.15, -0.1) is 0 Å². The quantitative estimate of drug-likeness (QED) is 0.885. The molecule has 1 saturated carbocycles. The summed E-state index contributed by atoms with van der Waals surface area (Å²) in [5, 5.41) is 1.95. The molecule has 0 aliphatic heterocycles. The van der Waals surface area contributed by atoms with Gasteiger partial charge in [-0.25, -0.2) is 8.42 Å². The maximum atomic E-state index is 12.7. The first-order chi connectivity index (χ1) is 11.2. The third kappa shape index (κ3) is 4.59. The molecule has 1 aromatic rings. The average molecular weight is 352 g/mol. The fourth-order valence-corrected chi connectivity index (χ4v) is 4.68. The van der Waals surface area contributed by atoms with E-state index in [2.05, 4.69) is 12.2 Å². The van der Waals surface area contributed by atoms with E-state index in [4.69, 9.17) is 0 Å². The molecule has 1 fully saturated rings. The Kier molecular flexibility index (Phi) is 6.07. The van der Waals surface area contributed by atoms with Gasteiger partial charge in [0, 0.05) is 6.04 Å². The number of nitrogens with one attached hydrogen (secondary N) is 1. The second kappa shape index (κ2) is 7.68. The van der Waals surface area contributed by atoms with Crippen LogP contribution in [0.4, 0.5) is 0 Å². The minimum Gasteiger partial charge on any atom is -0.352 e. The van der Waals surface area contributed by atoms with Gasteiger partial charge in [0.2, 0.25) is 5.91 Å². The Balaban J connectivity index is 2.07. The van der Waals surface area contributed by atoms with Gasteiger partial charge in [0.15, 0.2) is 9.84 Å². The van der Waals surface area contributed by atoms with E-state index >= 15 is 0 Å². The van der Waals surface area contributed by atoms with Crippen LogP contribution in [0.1, 0.15) is 56.2 Å². The molecule has 5 heteroatoms. The lowest BCUT2D eigenvalue weighted by molar-refractivity contribution is -0.121. The number of rotatable bonds is 5. The Morgan fingerprint density at radius 2 is 1.92 bits per heavy atom. The number of carbonyl (C=O) groups excluding carboxylic acids is 1. The summed E-state index contributed by atoms with van der Waals surface area (Å²) >= 11 is 0. The Labute approximate surface area is 146 Å². The zero-order valence-electron chi connectivity index (χ0n) is 15.1. The van der Waals surface area contributed by atoms with Gasteiger partial charge in [-0.1, -0.05) is 43.5 Å². The molecular formula is C19H29NO3S. The third-order valence-electron chi connectivity index (χ3n) is 5.21. The van der Waals surface area contributed by atoms with Crippen molar-refractivity contribution in [1.82, 2.24) is 5.32 Å². The highest BCUT2D eigenvalue weighted by Gasteiger charge is 2.31. The van der Waals surface area contributed by atoms with Crippen LogP contribution in [0.2, 0.25) is 0 Å². The summed E-state index contributed by atoms with van der Waals surface area (Å²) in [7, 11) is -3.53. The zero-order valence-corrected chi connectivity index (χ0v) is 15.9. The molecule has 4 nitrogen and oxygen atoms in total. The topological polar surface area (TPSA) is 63.2 Å². The van der Waals surface area contributed by atoms with Gasteiger partial charge < -0.3 is 5.32 Å². The van der Waals surface area contributed by atoms with Crippen molar-refractivity contribution in [2.24, 2.45) is 5.92 Å². The molecule has 0 saturated heterocycles. The van der Waals surface area contributed by atoms with E-state index in [1.54, 1.807) is 0 Å². The van der Waals surface area contributed by atoms with Crippen molar-refractivity contribution in [3.05, 3.63) is 34.9 Å². The highest BCUT2D eigenvalue weighted by atomic mass is 32.2. The Bertz CT molecular complexity index is 697. The van der Waals surface area contributed by atoms with Crippen LogP contribution < -0.4 is 5.32 Å². The van der Waals surface area contributed by atoms with Crippen molar-refractivity contribution in [2.75, 3.05) is 0 Å². The first kappa shape index (κ1) is 19.0. The van der Waals surface area contributed by atoms with Crippen molar-refractivity contribution < 1.29 is 13.2 Å². The number of hydrogen-bond acceptors (Lipinski definition) is 3. The SMILES string of the molecule is Cc1ccc(C)c(CS(=O)(=O)[C@H](C)C(=O)N[C@@H]2CCCC[C@@H]2C)c1. The molecule has 0 spiro atoms. The smallest absolute Gasteiger partial charge is 0.238 e. The number of amides is 1. The summed E-state index contributed by atoms with van der Waals surface area (Å²) in [4.78, 5) is 12.5. The molecule has 1 aromatic carbocycles. The number of sulfone groups is 1. The second-order valence-corrected chi connectivity index (χ2v) is 9.58. The third-order valence-corrected chi connectivity index (χ3v) is 7.21. The van der Waals surface area contributed by atoms with Crippen molar-refractivity contribution in [3.8, 4) is 0 Å². The standard InChI is InChI=1S/C19H29NO3S/c1-13-9-10-14(2)17(11-13)12-24(22,23)16(4)19(21)20-18-8-6-5-7-15(18)3/h9-11,15-16,18H,5-8,12H2,1-4H3,(H,20,21)/t15-,16+,18+/m0/s1. The fraction of sp³-hybridized carbons (Fsp3) is 0.632. The normalized spacial score (nSPS) is 22.8. The van der Waals surface area contributed by atoms with Gasteiger partial charge >= 0.3 is 0 Å². The van der Waals surface area contributed by atoms with Gasteiger partial charge in [0.05, 0.1) is 5.75 Å². The monoisotopic (exact) mass is 351 g/mol. The van der Waals surface area contributed by atoms with E-state index in [9.17, 15) is 13.2 Å². The van der Waals surface area contributed by atoms with Crippen LogP contribution in [-0.2, 0) is 20.4 Å². The molecular weight excluding hydrogens is 322 g/mol. The first-order valence-electron chi connectivity index (χ1n) is 8.79.